The largest absolute Gasteiger partial charge is 0.493 e. The molecule has 0 atom stereocenters. The zero-order chi connectivity index (χ0) is 22.8. The Morgan fingerprint density at radius 1 is 0.939 bits per heavy atom. The maximum absolute atomic E-state index is 12.6. The number of anilines is 1. The predicted molar refractivity (Wildman–Crippen MR) is 122 cm³/mol. The van der Waals surface area contributed by atoms with Gasteiger partial charge >= 0.3 is 0 Å². The number of carbonyl (C=O) groups excluding carboxylic acids is 1. The van der Waals surface area contributed by atoms with Crippen LogP contribution in [-0.4, -0.2) is 39.7 Å². The van der Waals surface area contributed by atoms with Crippen LogP contribution >= 0.6 is 0 Å². The lowest BCUT2D eigenvalue weighted by Crippen LogP contribution is -2.12. The number of hydrogen-bond donors (Lipinski definition) is 1. The second-order valence-corrected chi connectivity index (χ2v) is 7.08. The van der Waals surface area contributed by atoms with Gasteiger partial charge in [-0.2, -0.15) is 0 Å². The summed E-state index contributed by atoms with van der Waals surface area (Å²) in [6.07, 6.45) is 1.62. The van der Waals surface area contributed by atoms with Crippen molar-refractivity contribution >= 4 is 28.3 Å². The van der Waals surface area contributed by atoms with Crippen molar-refractivity contribution in [3.63, 3.8) is 0 Å². The lowest BCUT2D eigenvalue weighted by molar-refractivity contribution is 0.102. The van der Waals surface area contributed by atoms with Crippen LogP contribution in [0.1, 0.15) is 10.4 Å². The second kappa shape index (κ2) is 8.46. The van der Waals surface area contributed by atoms with Crippen LogP contribution in [0.3, 0.4) is 0 Å². The third kappa shape index (κ3) is 3.87. The number of aromatic nitrogens is 4. The molecule has 0 aliphatic heterocycles. The number of fused-ring (bicyclic) bond motifs is 3. The van der Waals surface area contributed by atoms with E-state index in [4.69, 9.17) is 14.2 Å². The molecule has 164 valence electrons. The minimum Gasteiger partial charge on any atom is -0.493 e. The first-order valence-corrected chi connectivity index (χ1v) is 10.1. The Morgan fingerprint density at radius 3 is 2.52 bits per heavy atom. The van der Waals surface area contributed by atoms with Crippen molar-refractivity contribution in [2.45, 2.75) is 0 Å². The Hall–Kier alpha value is -4.66. The Morgan fingerprint density at radius 2 is 1.73 bits per heavy atom. The third-order valence-corrected chi connectivity index (χ3v) is 5.07. The van der Waals surface area contributed by atoms with Crippen LogP contribution in [0, 0.1) is 0 Å². The Balaban J connectivity index is 1.35. The van der Waals surface area contributed by atoms with Crippen molar-refractivity contribution in [3.8, 4) is 23.1 Å². The van der Waals surface area contributed by atoms with Crippen LogP contribution in [-0.2, 0) is 0 Å². The zero-order valence-electron chi connectivity index (χ0n) is 17.9. The van der Waals surface area contributed by atoms with Gasteiger partial charge in [-0.1, -0.05) is 12.1 Å². The summed E-state index contributed by atoms with van der Waals surface area (Å²) in [6.45, 7) is 0. The quantitative estimate of drug-likeness (QED) is 0.418. The van der Waals surface area contributed by atoms with Gasteiger partial charge < -0.3 is 19.5 Å². The predicted octanol–water partition coefficient (Wildman–Crippen LogP) is 4.34. The van der Waals surface area contributed by atoms with Gasteiger partial charge in [-0.15, -0.1) is 10.2 Å². The van der Waals surface area contributed by atoms with E-state index in [-0.39, 0.29) is 5.91 Å². The summed E-state index contributed by atoms with van der Waals surface area (Å²) < 4.78 is 18.3. The first-order chi connectivity index (χ1) is 16.2. The fraction of sp³-hybridized carbons (Fsp3) is 0.0833. The van der Waals surface area contributed by atoms with Gasteiger partial charge in [0.1, 0.15) is 12.1 Å². The molecule has 0 saturated carbocycles. The SMILES string of the molecule is COc1ccc(C(=O)Nc2ccc(Oc3nc4ccccc4n4cnnc34)cc2)cc1OC. The van der Waals surface area contributed by atoms with Gasteiger partial charge in [-0.3, -0.25) is 9.20 Å². The number of rotatable bonds is 6. The standard InChI is InChI=1S/C24H19N5O4/c1-31-20-12-7-15(13-21(20)32-2)23(30)26-16-8-10-17(11-9-16)33-24-22-28-25-14-29(22)19-6-4-3-5-18(19)27-24/h3-14H,1-2H3,(H,26,30). The number of benzene rings is 3. The van der Waals surface area contributed by atoms with Crippen molar-refractivity contribution in [1.29, 1.82) is 0 Å². The van der Waals surface area contributed by atoms with Crippen molar-refractivity contribution < 1.29 is 19.0 Å². The molecule has 2 heterocycles. The Labute approximate surface area is 188 Å². The highest BCUT2D eigenvalue weighted by molar-refractivity contribution is 6.04. The van der Waals surface area contributed by atoms with Crippen molar-refractivity contribution in [3.05, 3.63) is 78.6 Å². The molecule has 1 amide bonds. The number of hydrogen-bond acceptors (Lipinski definition) is 7. The van der Waals surface area contributed by atoms with Gasteiger partial charge in [0.05, 0.1) is 25.3 Å². The summed E-state index contributed by atoms with van der Waals surface area (Å²) in [5.74, 6) is 1.65. The van der Waals surface area contributed by atoms with E-state index in [1.165, 1.54) is 7.11 Å². The molecule has 9 heteroatoms. The number of ether oxygens (including phenoxy) is 3. The molecule has 3 aromatic carbocycles. The number of methoxy groups -OCH3 is 2. The molecule has 5 rings (SSSR count). The van der Waals surface area contributed by atoms with Gasteiger partial charge in [-0.05, 0) is 54.6 Å². The first-order valence-electron chi connectivity index (χ1n) is 10.1. The lowest BCUT2D eigenvalue weighted by Gasteiger charge is -2.11. The molecule has 0 spiro atoms. The van der Waals surface area contributed by atoms with E-state index < -0.39 is 0 Å². The normalized spacial score (nSPS) is 10.8. The van der Waals surface area contributed by atoms with Crippen LogP contribution in [0.25, 0.3) is 16.7 Å². The molecule has 0 saturated heterocycles. The summed E-state index contributed by atoms with van der Waals surface area (Å²) in [6, 6.07) is 19.6. The van der Waals surface area contributed by atoms with Gasteiger partial charge in [0.2, 0.25) is 5.65 Å². The molecule has 0 fully saturated rings. The fourth-order valence-electron chi connectivity index (χ4n) is 3.45. The van der Waals surface area contributed by atoms with E-state index in [1.807, 2.05) is 28.7 Å². The minimum atomic E-state index is -0.272. The summed E-state index contributed by atoms with van der Waals surface area (Å²) in [7, 11) is 3.07. The molecule has 0 radical (unpaired) electrons. The average molecular weight is 441 g/mol. The highest BCUT2D eigenvalue weighted by Crippen LogP contribution is 2.29. The highest BCUT2D eigenvalue weighted by Gasteiger charge is 2.13. The van der Waals surface area contributed by atoms with E-state index in [2.05, 4.69) is 20.5 Å². The van der Waals surface area contributed by atoms with Crippen LogP contribution in [0.15, 0.2) is 73.1 Å². The van der Waals surface area contributed by atoms with Crippen LogP contribution in [0.4, 0.5) is 5.69 Å². The summed E-state index contributed by atoms with van der Waals surface area (Å²) in [4.78, 5) is 17.2. The topological polar surface area (TPSA) is 99.9 Å². The molecule has 0 unspecified atom stereocenters. The van der Waals surface area contributed by atoms with E-state index in [0.717, 1.165) is 11.0 Å². The summed E-state index contributed by atoms with van der Waals surface area (Å²) in [5, 5.41) is 11.0. The smallest absolute Gasteiger partial charge is 0.266 e. The average Bonchev–Trinajstić information content (AvgIpc) is 3.35. The highest BCUT2D eigenvalue weighted by atomic mass is 16.5. The molecule has 33 heavy (non-hydrogen) atoms. The van der Waals surface area contributed by atoms with Crippen LogP contribution < -0.4 is 19.5 Å². The Kier molecular flexibility index (Phi) is 5.19. The van der Waals surface area contributed by atoms with E-state index in [9.17, 15) is 4.79 Å². The fourth-order valence-corrected chi connectivity index (χ4v) is 3.45. The molecule has 1 N–H and O–H groups in total. The monoisotopic (exact) mass is 441 g/mol. The maximum Gasteiger partial charge on any atom is 0.266 e. The molecule has 2 aromatic heterocycles. The molecule has 0 aliphatic rings. The maximum atomic E-state index is 12.6. The van der Waals surface area contributed by atoms with Gasteiger partial charge in [-0.25, -0.2) is 4.98 Å². The number of carbonyl (C=O) groups is 1. The van der Waals surface area contributed by atoms with Crippen molar-refractivity contribution in [2.75, 3.05) is 19.5 Å². The van der Waals surface area contributed by atoms with Gasteiger partial charge in [0.15, 0.2) is 11.5 Å². The zero-order valence-corrected chi connectivity index (χ0v) is 17.9. The Bertz CT molecular complexity index is 1460. The number of amides is 1. The number of para-hydroxylation sites is 2. The number of nitrogens with zero attached hydrogens (tertiary/aromatic N) is 4. The van der Waals surface area contributed by atoms with E-state index >= 15 is 0 Å². The molecular weight excluding hydrogens is 422 g/mol. The van der Waals surface area contributed by atoms with Crippen molar-refractivity contribution in [1.82, 2.24) is 19.6 Å². The minimum absolute atomic E-state index is 0.272. The second-order valence-electron chi connectivity index (χ2n) is 7.08. The molecule has 0 aliphatic carbocycles. The molecule has 5 aromatic rings. The van der Waals surface area contributed by atoms with Crippen LogP contribution in [0.2, 0.25) is 0 Å². The summed E-state index contributed by atoms with van der Waals surface area (Å²) in [5.41, 5.74) is 3.22. The van der Waals surface area contributed by atoms with Crippen molar-refractivity contribution in [2.24, 2.45) is 0 Å². The molecule has 0 bridgehead atoms. The van der Waals surface area contributed by atoms with Gasteiger partial charge in [0.25, 0.3) is 11.8 Å². The van der Waals surface area contributed by atoms with E-state index in [1.54, 1.807) is 55.9 Å². The third-order valence-electron chi connectivity index (χ3n) is 5.07. The van der Waals surface area contributed by atoms with Gasteiger partial charge in [0, 0.05) is 11.3 Å². The lowest BCUT2D eigenvalue weighted by atomic mass is 10.2. The number of nitrogens with one attached hydrogen (secondary N) is 1. The summed E-state index contributed by atoms with van der Waals surface area (Å²) >= 11 is 0. The van der Waals surface area contributed by atoms with E-state index in [0.29, 0.717) is 40.0 Å². The first kappa shape index (κ1) is 20.3. The van der Waals surface area contributed by atoms with Crippen LogP contribution in [0.5, 0.6) is 23.1 Å². The molecule has 9 nitrogen and oxygen atoms in total. The molecular formula is C24H19N5O4.